The van der Waals surface area contributed by atoms with Gasteiger partial charge in [0.15, 0.2) is 5.75 Å². The van der Waals surface area contributed by atoms with Gasteiger partial charge in [-0.05, 0) is 12.1 Å². The molecule has 0 fully saturated rings. The predicted molar refractivity (Wildman–Crippen MR) is 61.9 cm³/mol. The summed E-state index contributed by atoms with van der Waals surface area (Å²) in [5, 5.41) is 20.4. The van der Waals surface area contributed by atoms with E-state index in [-0.39, 0.29) is 11.4 Å². The lowest BCUT2D eigenvalue weighted by molar-refractivity contribution is -0.0493. The van der Waals surface area contributed by atoms with Gasteiger partial charge >= 0.3 is 6.61 Å². The molecule has 0 amide bonds. The zero-order valence-corrected chi connectivity index (χ0v) is 9.72. The van der Waals surface area contributed by atoms with Gasteiger partial charge < -0.3 is 9.47 Å². The third-order valence-corrected chi connectivity index (χ3v) is 1.90. The molecule has 0 saturated heterocycles. The van der Waals surface area contributed by atoms with Crippen LogP contribution in [0.3, 0.4) is 0 Å². The summed E-state index contributed by atoms with van der Waals surface area (Å²) in [4.78, 5) is 0. The SMILES string of the molecule is COc1ccc(OC(F)F)c(NN=C(C#N)C#N)c1. The summed E-state index contributed by atoms with van der Waals surface area (Å²) in [6, 6.07) is 7.04. The van der Waals surface area contributed by atoms with E-state index in [9.17, 15) is 8.78 Å². The molecule has 0 atom stereocenters. The number of anilines is 1. The minimum absolute atomic E-state index is 0.0441. The highest BCUT2D eigenvalue weighted by Gasteiger charge is 2.11. The first kappa shape index (κ1) is 14.2. The van der Waals surface area contributed by atoms with Crippen LogP contribution >= 0.6 is 0 Å². The number of nitrogens with one attached hydrogen (secondary N) is 1. The zero-order chi connectivity index (χ0) is 14.3. The van der Waals surface area contributed by atoms with Crippen LogP contribution in [0.4, 0.5) is 14.5 Å². The molecule has 0 unspecified atom stereocenters. The highest BCUT2D eigenvalue weighted by Crippen LogP contribution is 2.30. The highest BCUT2D eigenvalue weighted by molar-refractivity contribution is 6.10. The van der Waals surface area contributed by atoms with Crippen molar-refractivity contribution in [2.45, 2.75) is 6.61 Å². The second-order valence-corrected chi connectivity index (χ2v) is 3.04. The van der Waals surface area contributed by atoms with Crippen molar-refractivity contribution in [2.24, 2.45) is 5.10 Å². The minimum Gasteiger partial charge on any atom is -0.497 e. The van der Waals surface area contributed by atoms with Crippen molar-refractivity contribution in [3.05, 3.63) is 18.2 Å². The smallest absolute Gasteiger partial charge is 0.387 e. The van der Waals surface area contributed by atoms with E-state index in [1.54, 1.807) is 0 Å². The van der Waals surface area contributed by atoms with Gasteiger partial charge in [0.2, 0.25) is 5.71 Å². The Morgan fingerprint density at radius 2 is 2.05 bits per heavy atom. The van der Waals surface area contributed by atoms with Crippen LogP contribution in [-0.4, -0.2) is 19.4 Å². The van der Waals surface area contributed by atoms with E-state index in [2.05, 4.69) is 15.3 Å². The van der Waals surface area contributed by atoms with Crippen molar-refractivity contribution in [1.29, 1.82) is 10.5 Å². The summed E-state index contributed by atoms with van der Waals surface area (Å²) < 4.78 is 33.6. The summed E-state index contributed by atoms with van der Waals surface area (Å²) in [6.45, 7) is -3.01. The number of alkyl halides is 2. The van der Waals surface area contributed by atoms with E-state index < -0.39 is 12.3 Å². The largest absolute Gasteiger partial charge is 0.497 e. The number of halogens is 2. The summed E-state index contributed by atoms with van der Waals surface area (Å²) in [5.74, 6) is 0.185. The Bertz CT molecular complexity index is 545. The van der Waals surface area contributed by atoms with E-state index in [1.165, 1.54) is 37.4 Å². The second-order valence-electron chi connectivity index (χ2n) is 3.04. The molecular weight excluding hydrogens is 258 g/mol. The lowest BCUT2D eigenvalue weighted by Gasteiger charge is -2.11. The van der Waals surface area contributed by atoms with Gasteiger partial charge in [0.05, 0.1) is 7.11 Å². The number of nitrogens with zero attached hydrogens (tertiary/aromatic N) is 3. The minimum atomic E-state index is -3.01. The van der Waals surface area contributed by atoms with Gasteiger partial charge in [-0.3, -0.25) is 5.43 Å². The summed E-state index contributed by atoms with van der Waals surface area (Å²) in [7, 11) is 1.39. The molecule has 0 saturated carbocycles. The number of hydrazone groups is 1. The second kappa shape index (κ2) is 6.77. The third kappa shape index (κ3) is 4.13. The Hall–Kier alpha value is -2.87. The average Bonchev–Trinajstić information content (AvgIpc) is 2.40. The maximum Gasteiger partial charge on any atom is 0.387 e. The van der Waals surface area contributed by atoms with Crippen molar-refractivity contribution >= 4 is 11.4 Å². The molecular formula is C11H8F2N4O2. The molecule has 1 aromatic carbocycles. The Morgan fingerprint density at radius 3 is 2.58 bits per heavy atom. The normalized spacial score (nSPS) is 9.16. The molecule has 0 aliphatic rings. The van der Waals surface area contributed by atoms with Crippen LogP contribution in [0.2, 0.25) is 0 Å². The van der Waals surface area contributed by atoms with Gasteiger partial charge in [-0.25, -0.2) is 0 Å². The summed E-state index contributed by atoms with van der Waals surface area (Å²) in [6.07, 6.45) is 0. The lowest BCUT2D eigenvalue weighted by Crippen LogP contribution is -2.05. The fraction of sp³-hybridized carbons (Fsp3) is 0.182. The van der Waals surface area contributed by atoms with Gasteiger partial charge in [-0.1, -0.05) is 0 Å². The number of nitriles is 2. The molecule has 0 heterocycles. The molecule has 19 heavy (non-hydrogen) atoms. The van der Waals surface area contributed by atoms with E-state index in [1.807, 2.05) is 0 Å². The molecule has 0 bridgehead atoms. The Labute approximate surface area is 107 Å². The van der Waals surface area contributed by atoms with Crippen LogP contribution in [0.25, 0.3) is 0 Å². The molecule has 1 N–H and O–H groups in total. The van der Waals surface area contributed by atoms with Gasteiger partial charge in [-0.2, -0.15) is 24.4 Å². The van der Waals surface area contributed by atoms with E-state index in [0.717, 1.165) is 0 Å². The Balaban J connectivity index is 3.05. The van der Waals surface area contributed by atoms with Crippen molar-refractivity contribution in [3.63, 3.8) is 0 Å². The number of hydrogen-bond donors (Lipinski definition) is 1. The summed E-state index contributed by atoms with van der Waals surface area (Å²) in [5.41, 5.74) is 1.89. The molecule has 6 nitrogen and oxygen atoms in total. The van der Waals surface area contributed by atoms with Crippen LogP contribution < -0.4 is 14.9 Å². The molecule has 0 aliphatic carbocycles. The van der Waals surface area contributed by atoms with Crippen LogP contribution in [-0.2, 0) is 0 Å². The molecule has 98 valence electrons. The first-order valence-electron chi connectivity index (χ1n) is 4.87. The first-order chi connectivity index (χ1) is 9.10. The standard InChI is InChI=1S/C11H8F2N4O2/c1-18-8-2-3-10(19-11(12)13)9(4-8)17-16-7(5-14)6-15/h2-4,11,17H,1H3. The monoisotopic (exact) mass is 266 g/mol. The van der Waals surface area contributed by atoms with E-state index >= 15 is 0 Å². The Morgan fingerprint density at radius 1 is 1.37 bits per heavy atom. The van der Waals surface area contributed by atoms with Crippen LogP contribution in [0.5, 0.6) is 11.5 Å². The maximum atomic E-state index is 12.2. The van der Waals surface area contributed by atoms with Crippen LogP contribution in [0, 0.1) is 22.7 Å². The molecule has 0 aliphatic heterocycles. The molecule has 1 rings (SSSR count). The summed E-state index contributed by atoms with van der Waals surface area (Å²) >= 11 is 0. The number of hydrogen-bond acceptors (Lipinski definition) is 6. The third-order valence-electron chi connectivity index (χ3n) is 1.90. The number of methoxy groups -OCH3 is 1. The lowest BCUT2D eigenvalue weighted by atomic mass is 10.3. The fourth-order valence-electron chi connectivity index (χ4n) is 1.11. The van der Waals surface area contributed by atoms with Crippen molar-refractivity contribution in [3.8, 4) is 23.6 Å². The van der Waals surface area contributed by atoms with Crippen molar-refractivity contribution in [1.82, 2.24) is 0 Å². The Kier molecular flexibility index (Phi) is 5.05. The zero-order valence-electron chi connectivity index (χ0n) is 9.72. The van der Waals surface area contributed by atoms with Crippen LogP contribution in [0.1, 0.15) is 0 Å². The molecule has 8 heteroatoms. The van der Waals surface area contributed by atoms with Gasteiger partial charge in [0, 0.05) is 6.07 Å². The average molecular weight is 266 g/mol. The van der Waals surface area contributed by atoms with E-state index in [4.69, 9.17) is 15.3 Å². The molecule has 0 spiro atoms. The van der Waals surface area contributed by atoms with Crippen LogP contribution in [0.15, 0.2) is 23.3 Å². The van der Waals surface area contributed by atoms with Crippen molar-refractivity contribution in [2.75, 3.05) is 12.5 Å². The van der Waals surface area contributed by atoms with E-state index in [0.29, 0.717) is 5.75 Å². The number of benzene rings is 1. The van der Waals surface area contributed by atoms with Gasteiger partial charge in [-0.15, -0.1) is 0 Å². The predicted octanol–water partition coefficient (Wildman–Crippen LogP) is 2.11. The highest BCUT2D eigenvalue weighted by atomic mass is 19.3. The molecule has 1 aromatic rings. The first-order valence-corrected chi connectivity index (χ1v) is 4.87. The quantitative estimate of drug-likeness (QED) is 0.651. The fourth-order valence-corrected chi connectivity index (χ4v) is 1.11. The number of rotatable bonds is 5. The van der Waals surface area contributed by atoms with Gasteiger partial charge in [0.25, 0.3) is 0 Å². The number of ether oxygens (including phenoxy) is 2. The maximum absolute atomic E-state index is 12.2. The van der Waals surface area contributed by atoms with Crippen molar-refractivity contribution < 1.29 is 18.3 Å². The molecule has 0 radical (unpaired) electrons. The van der Waals surface area contributed by atoms with Gasteiger partial charge in [0.1, 0.15) is 23.6 Å². The topological polar surface area (TPSA) is 90.4 Å². The molecule has 0 aromatic heterocycles.